The summed E-state index contributed by atoms with van der Waals surface area (Å²) in [6.45, 7) is 1.83. The minimum atomic E-state index is -0.538. The fourth-order valence-corrected chi connectivity index (χ4v) is 1.19. The number of nitrogens with two attached hydrogens (primary N) is 1. The highest BCUT2D eigenvalue weighted by atomic mass is 16.5. The van der Waals surface area contributed by atoms with Gasteiger partial charge in [0.2, 0.25) is 5.91 Å². The van der Waals surface area contributed by atoms with Crippen molar-refractivity contribution in [3.05, 3.63) is 18.2 Å². The first-order valence-corrected chi connectivity index (χ1v) is 5.02. The third-order valence-electron chi connectivity index (χ3n) is 2.22. The van der Waals surface area contributed by atoms with Gasteiger partial charge in [-0.15, -0.1) is 0 Å². The van der Waals surface area contributed by atoms with Gasteiger partial charge in [-0.05, 0) is 18.6 Å². The third-order valence-corrected chi connectivity index (χ3v) is 2.22. The second-order valence-electron chi connectivity index (χ2n) is 3.39. The van der Waals surface area contributed by atoms with Crippen LogP contribution in [0.3, 0.4) is 0 Å². The van der Waals surface area contributed by atoms with Gasteiger partial charge in [0.15, 0.2) is 11.5 Å². The Kier molecular flexibility index (Phi) is 4.13. The van der Waals surface area contributed by atoms with Crippen molar-refractivity contribution in [2.75, 3.05) is 12.4 Å². The summed E-state index contributed by atoms with van der Waals surface area (Å²) in [5.74, 6) is 0.0650. The molecule has 0 saturated carbocycles. The molecule has 88 valence electrons. The first-order chi connectivity index (χ1) is 7.58. The highest BCUT2D eigenvalue weighted by Crippen LogP contribution is 2.28. The van der Waals surface area contributed by atoms with Gasteiger partial charge >= 0.3 is 0 Å². The van der Waals surface area contributed by atoms with E-state index >= 15 is 0 Å². The van der Waals surface area contributed by atoms with E-state index in [0.29, 0.717) is 17.9 Å². The van der Waals surface area contributed by atoms with Gasteiger partial charge in [-0.25, -0.2) is 0 Å². The van der Waals surface area contributed by atoms with Gasteiger partial charge < -0.3 is 20.9 Å². The fraction of sp³-hybridized carbons (Fsp3) is 0.364. The number of benzene rings is 1. The molecule has 1 aromatic rings. The van der Waals surface area contributed by atoms with Gasteiger partial charge in [0.25, 0.3) is 0 Å². The molecule has 4 N–H and O–H groups in total. The summed E-state index contributed by atoms with van der Waals surface area (Å²) in [5.41, 5.74) is 6.05. The Labute approximate surface area is 94.2 Å². The number of ether oxygens (including phenoxy) is 1. The summed E-state index contributed by atoms with van der Waals surface area (Å²) in [5, 5.41) is 12.1. The SMILES string of the molecule is CC[C@H](N)C(=O)Nc1ccc(OC)c(O)c1. The molecule has 0 spiro atoms. The number of rotatable bonds is 4. The standard InChI is InChI=1S/C11H16N2O3/c1-3-8(12)11(15)13-7-4-5-10(16-2)9(14)6-7/h4-6,8,14H,3,12H2,1-2H3,(H,13,15)/t8-/m0/s1. The number of phenolic OH excluding ortho intramolecular Hbond substituents is 1. The van der Waals surface area contributed by atoms with Gasteiger partial charge in [-0.2, -0.15) is 0 Å². The van der Waals surface area contributed by atoms with E-state index in [1.54, 1.807) is 12.1 Å². The summed E-state index contributed by atoms with van der Waals surface area (Å²) in [6, 6.07) is 4.09. The highest BCUT2D eigenvalue weighted by molar-refractivity contribution is 5.94. The minimum Gasteiger partial charge on any atom is -0.504 e. The smallest absolute Gasteiger partial charge is 0.241 e. The lowest BCUT2D eigenvalue weighted by atomic mass is 10.2. The van der Waals surface area contributed by atoms with Crippen LogP contribution in [0.2, 0.25) is 0 Å². The van der Waals surface area contributed by atoms with Crippen molar-refractivity contribution < 1.29 is 14.6 Å². The van der Waals surface area contributed by atoms with Gasteiger partial charge in [0, 0.05) is 11.8 Å². The molecule has 0 aliphatic carbocycles. The van der Waals surface area contributed by atoms with E-state index in [1.165, 1.54) is 13.2 Å². The molecule has 16 heavy (non-hydrogen) atoms. The Morgan fingerprint density at radius 3 is 2.81 bits per heavy atom. The van der Waals surface area contributed by atoms with Crippen LogP contribution in [0.4, 0.5) is 5.69 Å². The van der Waals surface area contributed by atoms with E-state index < -0.39 is 6.04 Å². The molecule has 0 aliphatic heterocycles. The predicted octanol–water partition coefficient (Wildman–Crippen LogP) is 1.08. The lowest BCUT2D eigenvalue weighted by molar-refractivity contribution is -0.117. The van der Waals surface area contributed by atoms with Gasteiger partial charge in [-0.3, -0.25) is 4.79 Å². The van der Waals surface area contributed by atoms with E-state index in [9.17, 15) is 9.90 Å². The number of carbonyl (C=O) groups excluding carboxylic acids is 1. The number of amides is 1. The van der Waals surface area contributed by atoms with E-state index in [4.69, 9.17) is 10.5 Å². The molecule has 1 rings (SSSR count). The normalized spacial score (nSPS) is 11.9. The molecule has 1 amide bonds. The van der Waals surface area contributed by atoms with Crippen molar-refractivity contribution in [1.82, 2.24) is 0 Å². The number of nitrogens with one attached hydrogen (secondary N) is 1. The molecule has 0 aliphatic rings. The zero-order valence-corrected chi connectivity index (χ0v) is 9.36. The minimum absolute atomic E-state index is 0.0228. The van der Waals surface area contributed by atoms with Crippen molar-refractivity contribution in [3.8, 4) is 11.5 Å². The van der Waals surface area contributed by atoms with Crippen LogP contribution in [0.5, 0.6) is 11.5 Å². The predicted molar refractivity (Wildman–Crippen MR) is 61.6 cm³/mol. The molecule has 0 unspecified atom stereocenters. The Hall–Kier alpha value is -1.75. The number of hydrogen-bond donors (Lipinski definition) is 3. The maximum Gasteiger partial charge on any atom is 0.241 e. The number of anilines is 1. The van der Waals surface area contributed by atoms with Crippen LogP contribution >= 0.6 is 0 Å². The van der Waals surface area contributed by atoms with Gasteiger partial charge in [0.05, 0.1) is 13.2 Å². The van der Waals surface area contributed by atoms with Gasteiger partial charge in [0.1, 0.15) is 0 Å². The lowest BCUT2D eigenvalue weighted by Gasteiger charge is -2.11. The van der Waals surface area contributed by atoms with Crippen molar-refractivity contribution in [2.45, 2.75) is 19.4 Å². The van der Waals surface area contributed by atoms with Crippen molar-refractivity contribution in [3.63, 3.8) is 0 Å². The molecular weight excluding hydrogens is 208 g/mol. The van der Waals surface area contributed by atoms with E-state index in [0.717, 1.165) is 0 Å². The Bertz CT molecular complexity index is 379. The van der Waals surface area contributed by atoms with Crippen LogP contribution in [0.25, 0.3) is 0 Å². The zero-order chi connectivity index (χ0) is 12.1. The molecule has 0 saturated heterocycles. The van der Waals surface area contributed by atoms with Crippen LogP contribution in [-0.2, 0) is 4.79 Å². The highest BCUT2D eigenvalue weighted by Gasteiger charge is 2.11. The second-order valence-corrected chi connectivity index (χ2v) is 3.39. The first-order valence-electron chi connectivity index (χ1n) is 5.02. The van der Waals surface area contributed by atoms with Crippen LogP contribution < -0.4 is 15.8 Å². The van der Waals surface area contributed by atoms with Crippen LogP contribution in [-0.4, -0.2) is 24.2 Å². The van der Waals surface area contributed by atoms with Crippen LogP contribution in [0, 0.1) is 0 Å². The maximum atomic E-state index is 11.5. The third kappa shape index (κ3) is 2.87. The molecule has 1 atom stereocenters. The maximum absolute atomic E-state index is 11.5. The first kappa shape index (κ1) is 12.3. The molecule has 0 fully saturated rings. The number of hydrogen-bond acceptors (Lipinski definition) is 4. The summed E-state index contributed by atoms with van der Waals surface area (Å²) < 4.78 is 4.89. The molecule has 5 nitrogen and oxygen atoms in total. The topological polar surface area (TPSA) is 84.6 Å². The second kappa shape index (κ2) is 5.37. The molecule has 0 radical (unpaired) electrons. The summed E-state index contributed by atoms with van der Waals surface area (Å²) >= 11 is 0. The van der Waals surface area contributed by atoms with E-state index in [-0.39, 0.29) is 11.7 Å². The Morgan fingerprint density at radius 1 is 1.62 bits per heavy atom. The number of methoxy groups -OCH3 is 1. The van der Waals surface area contributed by atoms with Crippen molar-refractivity contribution >= 4 is 11.6 Å². The fourth-order valence-electron chi connectivity index (χ4n) is 1.19. The molecule has 5 heteroatoms. The summed E-state index contributed by atoms with van der Waals surface area (Å²) in [4.78, 5) is 11.5. The molecular formula is C11H16N2O3. The zero-order valence-electron chi connectivity index (χ0n) is 9.36. The number of phenols is 1. The average Bonchev–Trinajstić information content (AvgIpc) is 2.28. The lowest BCUT2D eigenvalue weighted by Crippen LogP contribution is -2.34. The van der Waals surface area contributed by atoms with Crippen molar-refractivity contribution in [2.24, 2.45) is 5.73 Å². The molecule has 0 heterocycles. The number of carbonyl (C=O) groups is 1. The largest absolute Gasteiger partial charge is 0.504 e. The van der Waals surface area contributed by atoms with Crippen LogP contribution in [0.1, 0.15) is 13.3 Å². The van der Waals surface area contributed by atoms with Gasteiger partial charge in [-0.1, -0.05) is 6.92 Å². The summed E-state index contributed by atoms with van der Waals surface area (Å²) in [6.07, 6.45) is 0.563. The molecule has 0 aromatic heterocycles. The molecule has 0 bridgehead atoms. The Balaban J connectivity index is 2.75. The Morgan fingerprint density at radius 2 is 2.31 bits per heavy atom. The molecule has 1 aromatic carbocycles. The monoisotopic (exact) mass is 224 g/mol. The van der Waals surface area contributed by atoms with E-state index in [1.807, 2.05) is 6.92 Å². The van der Waals surface area contributed by atoms with Crippen LogP contribution in [0.15, 0.2) is 18.2 Å². The van der Waals surface area contributed by atoms with E-state index in [2.05, 4.69) is 5.32 Å². The number of aromatic hydroxyl groups is 1. The van der Waals surface area contributed by atoms with Crippen molar-refractivity contribution in [1.29, 1.82) is 0 Å². The average molecular weight is 224 g/mol. The summed E-state index contributed by atoms with van der Waals surface area (Å²) in [7, 11) is 1.46. The quantitative estimate of drug-likeness (QED) is 0.714.